The van der Waals surface area contributed by atoms with Crippen molar-refractivity contribution in [3.8, 4) is 5.75 Å². The molecule has 1 aromatic heterocycles. The molecule has 0 bridgehead atoms. The Morgan fingerprint density at radius 2 is 1.81 bits per heavy atom. The van der Waals surface area contributed by atoms with Gasteiger partial charge in [-0.05, 0) is 48.7 Å². The minimum absolute atomic E-state index is 0.112. The molecule has 1 heterocycles. The van der Waals surface area contributed by atoms with Gasteiger partial charge in [0.2, 0.25) is 5.91 Å². The summed E-state index contributed by atoms with van der Waals surface area (Å²) in [6.07, 6.45) is 4.83. The van der Waals surface area contributed by atoms with E-state index in [-0.39, 0.29) is 24.6 Å². The van der Waals surface area contributed by atoms with Gasteiger partial charge in [0, 0.05) is 17.3 Å². The maximum Gasteiger partial charge on any atom is 0.343 e. The van der Waals surface area contributed by atoms with Crippen molar-refractivity contribution in [1.82, 2.24) is 4.57 Å². The summed E-state index contributed by atoms with van der Waals surface area (Å²) in [5, 5.41) is 3.79. The number of nitrogens with one attached hydrogen (secondary N) is 1. The van der Waals surface area contributed by atoms with Gasteiger partial charge in [0.05, 0.1) is 12.5 Å². The molecular weight excluding hydrogens is 396 g/mol. The van der Waals surface area contributed by atoms with Crippen molar-refractivity contribution in [2.24, 2.45) is 0 Å². The first-order valence-electron chi connectivity index (χ1n) is 10.2. The van der Waals surface area contributed by atoms with E-state index in [0.717, 1.165) is 19.3 Å². The van der Waals surface area contributed by atoms with Gasteiger partial charge < -0.3 is 19.4 Å². The number of amides is 1. The first-order valence-corrected chi connectivity index (χ1v) is 10.2. The van der Waals surface area contributed by atoms with Crippen LogP contribution in [0.1, 0.15) is 25.3 Å². The number of nitrogens with zero attached hydrogens (tertiary/aromatic N) is 1. The van der Waals surface area contributed by atoms with Crippen molar-refractivity contribution in [3.05, 3.63) is 70.6 Å². The maximum absolute atomic E-state index is 12.8. The number of unbranched alkanes of at least 4 members (excludes halogenated alkanes) is 1. The Morgan fingerprint density at radius 1 is 1.03 bits per heavy atom. The summed E-state index contributed by atoms with van der Waals surface area (Å²) in [6.45, 7) is 1.79. The lowest BCUT2D eigenvalue weighted by molar-refractivity contribution is -0.142. The fourth-order valence-corrected chi connectivity index (χ4v) is 3.23. The zero-order chi connectivity index (χ0) is 22.2. The number of hydrogen-bond acceptors (Lipinski definition) is 5. The van der Waals surface area contributed by atoms with Gasteiger partial charge in [0.1, 0.15) is 12.3 Å². The average molecular weight is 422 g/mol. The van der Waals surface area contributed by atoms with Gasteiger partial charge in [-0.2, -0.15) is 0 Å². The molecule has 7 nitrogen and oxygen atoms in total. The van der Waals surface area contributed by atoms with Crippen LogP contribution in [0, 0.1) is 0 Å². The number of hydrogen-bond donors (Lipinski definition) is 1. The summed E-state index contributed by atoms with van der Waals surface area (Å²) in [7, 11) is 1.28. The van der Waals surface area contributed by atoms with Crippen molar-refractivity contribution >= 4 is 28.3 Å². The number of fused-ring (bicyclic) bond motifs is 1. The van der Waals surface area contributed by atoms with Gasteiger partial charge in [-0.25, -0.2) is 4.79 Å². The monoisotopic (exact) mass is 422 g/mol. The fourth-order valence-electron chi connectivity index (χ4n) is 3.23. The Balaban J connectivity index is 1.71. The summed E-state index contributed by atoms with van der Waals surface area (Å²) >= 11 is 0. The Kier molecular flexibility index (Phi) is 7.43. The minimum atomic E-state index is -0.514. The molecule has 0 saturated carbocycles. The first-order chi connectivity index (χ1) is 15.0. The van der Waals surface area contributed by atoms with Crippen molar-refractivity contribution in [2.45, 2.75) is 32.7 Å². The van der Waals surface area contributed by atoms with E-state index in [9.17, 15) is 14.4 Å². The SMILES string of the molecule is CCCCc1ccc(NC(=O)Cn2ccc3c(OCC(=O)OC)cccc3c2=O)cc1. The van der Waals surface area contributed by atoms with Crippen molar-refractivity contribution < 1.29 is 19.1 Å². The number of aromatic nitrogens is 1. The molecule has 1 N–H and O–H groups in total. The molecule has 0 aliphatic heterocycles. The maximum atomic E-state index is 12.8. The third kappa shape index (κ3) is 5.72. The van der Waals surface area contributed by atoms with Crippen LogP contribution in [-0.2, 0) is 27.3 Å². The van der Waals surface area contributed by atoms with Gasteiger partial charge in [-0.1, -0.05) is 31.5 Å². The number of pyridine rings is 1. The van der Waals surface area contributed by atoms with Crippen LogP contribution in [0.5, 0.6) is 5.75 Å². The highest BCUT2D eigenvalue weighted by Crippen LogP contribution is 2.23. The lowest BCUT2D eigenvalue weighted by Gasteiger charge is -2.11. The summed E-state index contributed by atoms with van der Waals surface area (Å²) in [5.74, 6) is -0.402. The van der Waals surface area contributed by atoms with Crippen LogP contribution < -0.4 is 15.6 Å². The highest BCUT2D eigenvalue weighted by atomic mass is 16.6. The minimum Gasteiger partial charge on any atom is -0.481 e. The van der Waals surface area contributed by atoms with Crippen LogP contribution >= 0.6 is 0 Å². The molecular formula is C24H26N2O5. The van der Waals surface area contributed by atoms with Crippen molar-refractivity contribution in [1.29, 1.82) is 0 Å². The number of ether oxygens (including phenoxy) is 2. The van der Waals surface area contributed by atoms with Crippen molar-refractivity contribution in [2.75, 3.05) is 19.0 Å². The van der Waals surface area contributed by atoms with E-state index in [0.29, 0.717) is 22.2 Å². The number of methoxy groups -OCH3 is 1. The average Bonchev–Trinajstić information content (AvgIpc) is 2.78. The molecule has 0 aliphatic rings. The number of esters is 1. The number of rotatable bonds is 9. The highest BCUT2D eigenvalue weighted by Gasteiger charge is 2.11. The number of aryl methyl sites for hydroxylation is 1. The zero-order valence-corrected chi connectivity index (χ0v) is 17.7. The van der Waals surface area contributed by atoms with Crippen LogP contribution in [0.15, 0.2) is 59.5 Å². The Hall–Kier alpha value is -3.61. The normalized spacial score (nSPS) is 10.6. The lowest BCUT2D eigenvalue weighted by Crippen LogP contribution is -2.27. The molecule has 0 atom stereocenters. The molecule has 162 valence electrons. The number of anilines is 1. The third-order valence-corrected chi connectivity index (χ3v) is 4.92. The topological polar surface area (TPSA) is 86.6 Å². The Morgan fingerprint density at radius 3 is 2.52 bits per heavy atom. The van der Waals surface area contributed by atoms with E-state index < -0.39 is 5.97 Å². The molecule has 3 rings (SSSR count). The molecule has 0 fully saturated rings. The van der Waals surface area contributed by atoms with Gasteiger partial charge in [-0.15, -0.1) is 0 Å². The van der Waals surface area contributed by atoms with Crippen LogP contribution in [0.25, 0.3) is 10.8 Å². The molecule has 31 heavy (non-hydrogen) atoms. The van der Waals surface area contributed by atoms with E-state index >= 15 is 0 Å². The molecule has 0 unspecified atom stereocenters. The highest BCUT2D eigenvalue weighted by molar-refractivity contribution is 5.91. The molecule has 0 aliphatic carbocycles. The predicted octanol–water partition coefficient (Wildman–Crippen LogP) is 3.53. The van der Waals surface area contributed by atoms with Gasteiger partial charge in [-0.3, -0.25) is 9.59 Å². The largest absolute Gasteiger partial charge is 0.481 e. The third-order valence-electron chi connectivity index (χ3n) is 4.92. The Bertz CT molecular complexity index is 1120. The molecule has 0 radical (unpaired) electrons. The summed E-state index contributed by atoms with van der Waals surface area (Å²) < 4.78 is 11.4. The fraction of sp³-hybridized carbons (Fsp3) is 0.292. The van der Waals surface area contributed by atoms with Gasteiger partial charge in [0.15, 0.2) is 6.61 Å². The number of carbonyl (C=O) groups is 2. The van der Waals surface area contributed by atoms with Crippen molar-refractivity contribution in [3.63, 3.8) is 0 Å². The van der Waals surface area contributed by atoms with E-state index in [4.69, 9.17) is 4.74 Å². The number of benzene rings is 2. The predicted molar refractivity (Wildman–Crippen MR) is 119 cm³/mol. The van der Waals surface area contributed by atoms with Crippen LogP contribution in [0.4, 0.5) is 5.69 Å². The standard InChI is InChI=1S/C24H26N2O5/c1-3-4-6-17-9-11-18(12-10-17)25-22(27)15-26-14-13-19-20(24(26)29)7-5-8-21(19)31-16-23(28)30-2/h5,7-14H,3-4,6,15-16H2,1-2H3,(H,25,27). The molecule has 2 aromatic carbocycles. The lowest BCUT2D eigenvalue weighted by atomic mass is 10.1. The van der Waals surface area contributed by atoms with E-state index in [1.54, 1.807) is 30.5 Å². The molecule has 7 heteroatoms. The summed E-state index contributed by atoms with van der Waals surface area (Å²) in [6, 6.07) is 14.4. The van der Waals surface area contributed by atoms with E-state index in [2.05, 4.69) is 17.0 Å². The number of carbonyl (C=O) groups excluding carboxylic acids is 2. The molecule has 0 saturated heterocycles. The second kappa shape index (κ2) is 10.4. The first kappa shape index (κ1) is 22.1. The molecule has 3 aromatic rings. The quantitative estimate of drug-likeness (QED) is 0.533. The van der Waals surface area contributed by atoms with Crippen LogP contribution in [0.2, 0.25) is 0 Å². The molecule has 1 amide bonds. The zero-order valence-electron chi connectivity index (χ0n) is 17.7. The van der Waals surface area contributed by atoms with E-state index in [1.807, 2.05) is 24.3 Å². The smallest absolute Gasteiger partial charge is 0.343 e. The van der Waals surface area contributed by atoms with Gasteiger partial charge >= 0.3 is 5.97 Å². The summed E-state index contributed by atoms with van der Waals surface area (Å²) in [4.78, 5) is 36.6. The molecule has 0 spiro atoms. The van der Waals surface area contributed by atoms with E-state index in [1.165, 1.54) is 17.2 Å². The Labute approximate surface area is 180 Å². The second-order valence-electron chi connectivity index (χ2n) is 7.18. The van der Waals surface area contributed by atoms with Crippen LogP contribution in [-0.4, -0.2) is 30.2 Å². The summed E-state index contributed by atoms with van der Waals surface area (Å²) in [5.41, 5.74) is 1.61. The van der Waals surface area contributed by atoms with Crippen LogP contribution in [0.3, 0.4) is 0 Å². The van der Waals surface area contributed by atoms with Gasteiger partial charge in [0.25, 0.3) is 5.56 Å². The second-order valence-corrected chi connectivity index (χ2v) is 7.18.